The molecule has 0 spiro atoms. The lowest BCUT2D eigenvalue weighted by Gasteiger charge is -2.37. The molecule has 1 fully saturated rings. The number of piperazine rings is 1. The number of nitrogens with zero attached hydrogens (tertiary/aromatic N) is 4. The topological polar surface area (TPSA) is 82.8 Å². The number of amides is 2. The van der Waals surface area contributed by atoms with Gasteiger partial charge >= 0.3 is 0 Å². The number of hydrogen-bond acceptors (Lipinski definition) is 5. The van der Waals surface area contributed by atoms with Crippen LogP contribution in [0.15, 0.2) is 18.2 Å². The molecule has 0 atom stereocenters. The number of pyridine rings is 1. The second-order valence-corrected chi connectivity index (χ2v) is 9.72. The quantitative estimate of drug-likeness (QED) is 0.696. The summed E-state index contributed by atoms with van der Waals surface area (Å²) in [6.07, 6.45) is 0. The minimum absolute atomic E-state index is 0.0294. The molecule has 7 nitrogen and oxygen atoms in total. The van der Waals surface area contributed by atoms with Gasteiger partial charge in [0.15, 0.2) is 0 Å². The number of rotatable bonds is 5. The Labute approximate surface area is 204 Å². The van der Waals surface area contributed by atoms with E-state index in [2.05, 4.69) is 23.7 Å². The van der Waals surface area contributed by atoms with Gasteiger partial charge in [-0.25, -0.2) is 0 Å². The number of benzene rings is 1. The van der Waals surface area contributed by atoms with Gasteiger partial charge in [-0.05, 0) is 38.5 Å². The number of halogens is 2. The fraction of sp³-hybridized carbons (Fsp3) is 0.458. The van der Waals surface area contributed by atoms with Crippen molar-refractivity contribution in [2.45, 2.75) is 39.9 Å². The lowest BCUT2D eigenvalue weighted by molar-refractivity contribution is -0.133. The average molecular weight is 490 g/mol. The smallest absolute Gasteiger partial charge is 0.257 e. The zero-order valence-electron chi connectivity index (χ0n) is 19.2. The van der Waals surface area contributed by atoms with E-state index in [-0.39, 0.29) is 31.4 Å². The summed E-state index contributed by atoms with van der Waals surface area (Å²) < 4.78 is 0. The van der Waals surface area contributed by atoms with Crippen molar-refractivity contribution < 1.29 is 9.59 Å². The molecule has 2 amide bonds. The van der Waals surface area contributed by atoms with Gasteiger partial charge in [0.25, 0.3) is 5.91 Å². The van der Waals surface area contributed by atoms with Crippen molar-refractivity contribution in [1.29, 1.82) is 0 Å². The van der Waals surface area contributed by atoms with Gasteiger partial charge in [0.05, 0.1) is 17.8 Å². The molecule has 4 rings (SSSR count). The molecule has 2 aliphatic heterocycles. The molecule has 2 aliphatic rings. The molecular weight excluding hydrogens is 461 g/mol. The Bertz CT molecular complexity index is 1100. The Morgan fingerprint density at radius 2 is 1.85 bits per heavy atom. The lowest BCUT2D eigenvalue weighted by atomic mass is 9.93. The third-order valence-electron chi connectivity index (χ3n) is 6.55. The summed E-state index contributed by atoms with van der Waals surface area (Å²) in [5.41, 5.74) is 10.1. The van der Waals surface area contributed by atoms with Crippen molar-refractivity contribution in [3.63, 3.8) is 0 Å². The molecule has 0 saturated carbocycles. The molecule has 0 aliphatic carbocycles. The van der Waals surface area contributed by atoms with Crippen LogP contribution in [0.4, 0.5) is 0 Å². The minimum atomic E-state index is -0.220. The molecule has 3 heterocycles. The molecule has 9 heteroatoms. The van der Waals surface area contributed by atoms with Crippen molar-refractivity contribution in [3.8, 4) is 11.1 Å². The second kappa shape index (κ2) is 9.58. The van der Waals surface area contributed by atoms with Crippen LogP contribution in [0.1, 0.15) is 41.2 Å². The predicted octanol–water partition coefficient (Wildman–Crippen LogP) is 3.33. The molecule has 2 N–H and O–H groups in total. The summed E-state index contributed by atoms with van der Waals surface area (Å²) in [6.45, 7) is 9.76. The Morgan fingerprint density at radius 3 is 2.45 bits per heavy atom. The summed E-state index contributed by atoms with van der Waals surface area (Å²) in [5, 5.41) is 0.951. The molecule has 176 valence electrons. The molecule has 0 unspecified atom stereocenters. The number of carbonyl (C=O) groups excluding carboxylic acids is 2. The fourth-order valence-corrected chi connectivity index (χ4v) is 5.18. The molecule has 33 heavy (non-hydrogen) atoms. The summed E-state index contributed by atoms with van der Waals surface area (Å²) in [6, 6.07) is 5.65. The first kappa shape index (κ1) is 24.0. The highest BCUT2D eigenvalue weighted by Gasteiger charge is 2.36. The molecular formula is C24H29Cl2N5O2. The fourth-order valence-electron chi connectivity index (χ4n) is 4.68. The van der Waals surface area contributed by atoms with E-state index in [1.807, 2.05) is 11.8 Å². The van der Waals surface area contributed by atoms with Crippen molar-refractivity contribution >= 4 is 35.0 Å². The van der Waals surface area contributed by atoms with Crippen LogP contribution in [0, 0.1) is 6.92 Å². The van der Waals surface area contributed by atoms with E-state index >= 15 is 0 Å². The first-order valence-electron chi connectivity index (χ1n) is 11.2. The third-order valence-corrected chi connectivity index (χ3v) is 7.10. The number of aromatic nitrogens is 1. The molecule has 1 aromatic heterocycles. The summed E-state index contributed by atoms with van der Waals surface area (Å²) in [7, 11) is 0. The molecule has 0 radical (unpaired) electrons. The summed E-state index contributed by atoms with van der Waals surface area (Å²) >= 11 is 12.6. The van der Waals surface area contributed by atoms with Crippen LogP contribution in [0.25, 0.3) is 11.1 Å². The number of carbonyl (C=O) groups is 2. The lowest BCUT2D eigenvalue weighted by Crippen LogP contribution is -2.52. The van der Waals surface area contributed by atoms with Gasteiger partial charge in [0, 0.05) is 65.6 Å². The van der Waals surface area contributed by atoms with Crippen molar-refractivity contribution in [1.82, 2.24) is 19.7 Å². The van der Waals surface area contributed by atoms with Crippen molar-refractivity contribution in [3.05, 3.63) is 50.8 Å². The summed E-state index contributed by atoms with van der Waals surface area (Å²) in [5.74, 6) is -0.260. The Hall–Kier alpha value is -2.19. The van der Waals surface area contributed by atoms with E-state index in [9.17, 15) is 9.59 Å². The van der Waals surface area contributed by atoms with Gasteiger partial charge < -0.3 is 15.5 Å². The van der Waals surface area contributed by atoms with E-state index in [4.69, 9.17) is 28.9 Å². The van der Waals surface area contributed by atoms with Crippen LogP contribution < -0.4 is 5.73 Å². The van der Waals surface area contributed by atoms with Crippen LogP contribution in [0.5, 0.6) is 0 Å². The molecule has 1 saturated heterocycles. The maximum atomic E-state index is 13.5. The zero-order chi connectivity index (χ0) is 23.9. The van der Waals surface area contributed by atoms with E-state index < -0.39 is 0 Å². The maximum Gasteiger partial charge on any atom is 0.257 e. The highest BCUT2D eigenvalue weighted by molar-refractivity contribution is 6.36. The van der Waals surface area contributed by atoms with E-state index in [1.54, 1.807) is 23.1 Å². The van der Waals surface area contributed by atoms with Crippen LogP contribution in [-0.4, -0.2) is 70.3 Å². The van der Waals surface area contributed by atoms with Gasteiger partial charge in [0.2, 0.25) is 5.91 Å². The average Bonchev–Trinajstić information content (AvgIpc) is 3.07. The molecule has 1 aromatic carbocycles. The monoisotopic (exact) mass is 489 g/mol. The zero-order valence-corrected chi connectivity index (χ0v) is 20.7. The normalized spacial score (nSPS) is 16.6. The van der Waals surface area contributed by atoms with Crippen LogP contribution >= 0.6 is 23.2 Å². The van der Waals surface area contributed by atoms with Crippen molar-refractivity contribution in [2.75, 3.05) is 32.7 Å². The van der Waals surface area contributed by atoms with Gasteiger partial charge in [-0.1, -0.05) is 29.3 Å². The highest BCUT2D eigenvalue weighted by Crippen LogP contribution is 2.39. The van der Waals surface area contributed by atoms with Crippen molar-refractivity contribution in [2.24, 2.45) is 5.73 Å². The maximum absolute atomic E-state index is 13.5. The first-order valence-corrected chi connectivity index (χ1v) is 12.0. The van der Waals surface area contributed by atoms with E-state index in [0.717, 1.165) is 24.3 Å². The van der Waals surface area contributed by atoms with Crippen LogP contribution in [-0.2, 0) is 17.9 Å². The Kier molecular flexibility index (Phi) is 6.96. The molecule has 0 bridgehead atoms. The standard InChI is InChI=1S/C24H29Cl2N5O2/c1-14(2)29-6-8-30(9-7-29)21(32)13-31-12-20-23(24(31)33)22(18(11-27)15(3)28-20)17-5-4-16(25)10-19(17)26/h4-5,10,14H,6-9,11-13,27H2,1-3H3. The van der Waals surface area contributed by atoms with Gasteiger partial charge in [-0.15, -0.1) is 0 Å². The minimum Gasteiger partial charge on any atom is -0.339 e. The van der Waals surface area contributed by atoms with E-state index in [1.165, 1.54) is 0 Å². The van der Waals surface area contributed by atoms with Crippen LogP contribution in [0.3, 0.4) is 0 Å². The number of nitrogens with two attached hydrogens (primary N) is 1. The highest BCUT2D eigenvalue weighted by atomic mass is 35.5. The predicted molar refractivity (Wildman–Crippen MR) is 130 cm³/mol. The largest absolute Gasteiger partial charge is 0.339 e. The first-order chi connectivity index (χ1) is 15.7. The Morgan fingerprint density at radius 1 is 1.15 bits per heavy atom. The van der Waals surface area contributed by atoms with Crippen LogP contribution in [0.2, 0.25) is 10.0 Å². The van der Waals surface area contributed by atoms with Gasteiger partial charge in [0.1, 0.15) is 6.54 Å². The summed E-state index contributed by atoms with van der Waals surface area (Å²) in [4.78, 5) is 36.9. The second-order valence-electron chi connectivity index (χ2n) is 8.87. The van der Waals surface area contributed by atoms with Gasteiger partial charge in [-0.2, -0.15) is 0 Å². The molecule has 2 aromatic rings. The SMILES string of the molecule is Cc1nc2c(c(-c3ccc(Cl)cc3Cl)c1CN)C(=O)N(CC(=O)N1CCN(C(C)C)CC1)C2. The Balaban J connectivity index is 1.61. The van der Waals surface area contributed by atoms with E-state index in [0.29, 0.717) is 51.6 Å². The number of hydrogen-bond donors (Lipinski definition) is 1. The number of aryl methyl sites for hydroxylation is 1. The number of fused-ring (bicyclic) bond motifs is 1. The third kappa shape index (κ3) is 4.60. The van der Waals surface area contributed by atoms with Gasteiger partial charge in [-0.3, -0.25) is 19.5 Å².